The molecule has 0 radical (unpaired) electrons. The lowest BCUT2D eigenvalue weighted by atomic mass is 10.2. The standard InChI is InChI=1S/C8H17N2O3P/c11-8(12)7(9-14)1-2-10-3-5-13-6-4-10/h7,9H,1-6,14H2,(H,11,12). The van der Waals surface area contributed by atoms with E-state index in [-0.39, 0.29) is 0 Å². The molecular formula is C8H17N2O3P. The average molecular weight is 220 g/mol. The Labute approximate surface area is 86.1 Å². The van der Waals surface area contributed by atoms with Crippen molar-refractivity contribution in [2.75, 3.05) is 32.8 Å². The van der Waals surface area contributed by atoms with Gasteiger partial charge >= 0.3 is 5.97 Å². The fourth-order valence-electron chi connectivity index (χ4n) is 1.41. The van der Waals surface area contributed by atoms with Crippen molar-refractivity contribution in [1.82, 2.24) is 9.99 Å². The van der Waals surface area contributed by atoms with Gasteiger partial charge in [0, 0.05) is 19.6 Å². The van der Waals surface area contributed by atoms with E-state index in [4.69, 9.17) is 9.84 Å². The number of aliphatic carboxylic acids is 1. The smallest absolute Gasteiger partial charge is 0.321 e. The summed E-state index contributed by atoms with van der Waals surface area (Å²) in [7, 11) is 2.25. The first kappa shape index (κ1) is 11.9. The summed E-state index contributed by atoms with van der Waals surface area (Å²) < 4.78 is 5.20. The highest BCUT2D eigenvalue weighted by Gasteiger charge is 2.17. The number of hydrogen-bond donors (Lipinski definition) is 2. The molecule has 14 heavy (non-hydrogen) atoms. The maximum absolute atomic E-state index is 10.7. The van der Waals surface area contributed by atoms with Crippen LogP contribution in [0.1, 0.15) is 6.42 Å². The minimum atomic E-state index is -0.798. The molecule has 0 aromatic carbocycles. The lowest BCUT2D eigenvalue weighted by molar-refractivity contribution is -0.139. The number of morpholine rings is 1. The van der Waals surface area contributed by atoms with Crippen LogP contribution in [-0.4, -0.2) is 54.9 Å². The molecule has 2 unspecified atom stereocenters. The summed E-state index contributed by atoms with van der Waals surface area (Å²) in [5, 5.41) is 11.5. The molecule has 1 aliphatic heterocycles. The second kappa shape index (κ2) is 6.30. The van der Waals surface area contributed by atoms with Crippen molar-refractivity contribution in [2.45, 2.75) is 12.5 Å². The summed E-state index contributed by atoms with van der Waals surface area (Å²) in [6.07, 6.45) is 0.624. The molecule has 5 nitrogen and oxygen atoms in total. The molecule has 0 aromatic rings. The third-order valence-electron chi connectivity index (χ3n) is 2.34. The Hall–Kier alpha value is -0.220. The number of nitrogens with one attached hydrogen (secondary N) is 1. The third-order valence-corrected chi connectivity index (χ3v) is 2.74. The summed E-state index contributed by atoms with van der Waals surface area (Å²) >= 11 is 0. The van der Waals surface area contributed by atoms with Gasteiger partial charge in [-0.3, -0.25) is 14.8 Å². The lowest BCUT2D eigenvalue weighted by Gasteiger charge is -2.27. The molecule has 1 aliphatic rings. The Morgan fingerprint density at radius 1 is 1.57 bits per heavy atom. The summed E-state index contributed by atoms with van der Waals surface area (Å²) in [6, 6.07) is -0.470. The summed E-state index contributed by atoms with van der Waals surface area (Å²) in [6.45, 7) is 4.13. The Morgan fingerprint density at radius 3 is 2.71 bits per heavy atom. The molecular weight excluding hydrogens is 203 g/mol. The fraction of sp³-hybridized carbons (Fsp3) is 0.875. The van der Waals surface area contributed by atoms with E-state index < -0.39 is 12.0 Å². The predicted molar refractivity (Wildman–Crippen MR) is 56.1 cm³/mol. The molecule has 6 heteroatoms. The van der Waals surface area contributed by atoms with Gasteiger partial charge in [-0.05, 0) is 6.42 Å². The van der Waals surface area contributed by atoms with Crippen molar-refractivity contribution in [3.8, 4) is 0 Å². The van der Waals surface area contributed by atoms with Crippen LogP contribution in [-0.2, 0) is 9.53 Å². The zero-order valence-corrected chi connectivity index (χ0v) is 9.26. The van der Waals surface area contributed by atoms with Crippen molar-refractivity contribution < 1.29 is 14.6 Å². The Balaban J connectivity index is 2.20. The van der Waals surface area contributed by atoms with E-state index in [2.05, 4.69) is 19.4 Å². The first-order valence-electron chi connectivity index (χ1n) is 4.73. The van der Waals surface area contributed by atoms with E-state index in [0.717, 1.165) is 32.8 Å². The topological polar surface area (TPSA) is 61.8 Å². The van der Waals surface area contributed by atoms with Gasteiger partial charge in [0.15, 0.2) is 0 Å². The van der Waals surface area contributed by atoms with Gasteiger partial charge in [-0.25, -0.2) is 0 Å². The van der Waals surface area contributed by atoms with Gasteiger partial charge in [-0.1, -0.05) is 9.39 Å². The molecule has 1 heterocycles. The number of rotatable bonds is 5. The van der Waals surface area contributed by atoms with E-state index in [1.807, 2.05) is 0 Å². The largest absolute Gasteiger partial charge is 0.480 e. The number of hydrogen-bond acceptors (Lipinski definition) is 4. The second-order valence-electron chi connectivity index (χ2n) is 3.30. The highest BCUT2D eigenvalue weighted by atomic mass is 31.0. The van der Waals surface area contributed by atoms with Crippen LogP contribution in [0.5, 0.6) is 0 Å². The molecule has 0 spiro atoms. The average Bonchev–Trinajstić information content (AvgIpc) is 2.20. The maximum Gasteiger partial charge on any atom is 0.321 e. The summed E-state index contributed by atoms with van der Waals surface area (Å²) in [4.78, 5) is 12.9. The minimum Gasteiger partial charge on any atom is -0.480 e. The van der Waals surface area contributed by atoms with Crippen LogP contribution >= 0.6 is 9.39 Å². The molecule has 0 saturated carbocycles. The van der Waals surface area contributed by atoms with Crippen LogP contribution in [0, 0.1) is 0 Å². The lowest BCUT2D eigenvalue weighted by Crippen LogP contribution is -2.40. The quantitative estimate of drug-likeness (QED) is 0.614. The molecule has 0 amide bonds. The summed E-state index contributed by atoms with van der Waals surface area (Å²) in [5.41, 5.74) is 0. The highest BCUT2D eigenvalue weighted by molar-refractivity contribution is 7.13. The number of carbonyl (C=O) groups is 1. The molecule has 1 fully saturated rings. The van der Waals surface area contributed by atoms with Crippen molar-refractivity contribution in [3.63, 3.8) is 0 Å². The number of carboxylic acid groups (broad SMARTS) is 1. The van der Waals surface area contributed by atoms with Crippen molar-refractivity contribution in [3.05, 3.63) is 0 Å². The molecule has 1 saturated heterocycles. The Bertz CT molecular complexity index is 185. The van der Waals surface area contributed by atoms with Crippen LogP contribution in [0.15, 0.2) is 0 Å². The van der Waals surface area contributed by atoms with Crippen LogP contribution in [0.4, 0.5) is 0 Å². The monoisotopic (exact) mass is 220 g/mol. The zero-order chi connectivity index (χ0) is 10.4. The van der Waals surface area contributed by atoms with E-state index in [1.54, 1.807) is 0 Å². The van der Waals surface area contributed by atoms with Gasteiger partial charge in [-0.2, -0.15) is 0 Å². The van der Waals surface area contributed by atoms with Crippen LogP contribution in [0.3, 0.4) is 0 Å². The van der Waals surface area contributed by atoms with E-state index in [1.165, 1.54) is 0 Å². The zero-order valence-electron chi connectivity index (χ0n) is 8.11. The first-order chi connectivity index (χ1) is 6.74. The summed E-state index contributed by atoms with van der Waals surface area (Å²) in [5.74, 6) is -0.798. The van der Waals surface area contributed by atoms with E-state index in [0.29, 0.717) is 6.42 Å². The fourth-order valence-corrected chi connectivity index (χ4v) is 1.72. The number of ether oxygens (including phenoxy) is 1. The number of nitrogens with zero attached hydrogens (tertiary/aromatic N) is 1. The van der Waals surface area contributed by atoms with E-state index in [9.17, 15) is 4.79 Å². The second-order valence-corrected chi connectivity index (χ2v) is 3.63. The van der Waals surface area contributed by atoms with Gasteiger partial charge in [0.2, 0.25) is 0 Å². The predicted octanol–water partition coefficient (Wildman–Crippen LogP) is -0.458. The van der Waals surface area contributed by atoms with Crippen LogP contribution in [0.2, 0.25) is 0 Å². The van der Waals surface area contributed by atoms with Gasteiger partial charge in [-0.15, -0.1) is 0 Å². The van der Waals surface area contributed by atoms with Crippen molar-refractivity contribution >= 4 is 15.4 Å². The molecule has 1 rings (SSSR count). The molecule has 0 aliphatic carbocycles. The van der Waals surface area contributed by atoms with E-state index >= 15 is 0 Å². The third kappa shape index (κ3) is 3.88. The Kier molecular flexibility index (Phi) is 5.33. The Morgan fingerprint density at radius 2 is 2.21 bits per heavy atom. The van der Waals surface area contributed by atoms with Crippen molar-refractivity contribution in [1.29, 1.82) is 0 Å². The first-order valence-corrected chi connectivity index (χ1v) is 5.31. The minimum absolute atomic E-state index is 0.470. The highest BCUT2D eigenvalue weighted by Crippen LogP contribution is 2.01. The van der Waals surface area contributed by atoms with Gasteiger partial charge < -0.3 is 9.84 Å². The molecule has 0 aromatic heterocycles. The van der Waals surface area contributed by atoms with Crippen LogP contribution < -0.4 is 5.09 Å². The SMILES string of the molecule is O=C(O)C(CCN1CCOCC1)NP. The van der Waals surface area contributed by atoms with Gasteiger partial charge in [0.25, 0.3) is 0 Å². The van der Waals surface area contributed by atoms with Gasteiger partial charge in [0.05, 0.1) is 13.2 Å². The molecule has 0 bridgehead atoms. The normalized spacial score (nSPS) is 20.6. The molecule has 2 N–H and O–H groups in total. The van der Waals surface area contributed by atoms with Gasteiger partial charge in [0.1, 0.15) is 6.04 Å². The number of carboxylic acids is 1. The maximum atomic E-state index is 10.7. The van der Waals surface area contributed by atoms with Crippen molar-refractivity contribution in [2.24, 2.45) is 0 Å². The molecule has 2 atom stereocenters. The van der Waals surface area contributed by atoms with Crippen LogP contribution in [0.25, 0.3) is 0 Å². The molecule has 82 valence electrons.